The summed E-state index contributed by atoms with van der Waals surface area (Å²) in [7, 11) is 0. The Hall–Kier alpha value is -1.07. The van der Waals surface area contributed by atoms with E-state index in [2.05, 4.69) is 11.0 Å². The van der Waals surface area contributed by atoms with E-state index in [1.807, 2.05) is 23.1 Å². The van der Waals surface area contributed by atoms with Gasteiger partial charge in [-0.1, -0.05) is 29.3 Å². The number of aryl methyl sites for hydroxylation is 2. The summed E-state index contributed by atoms with van der Waals surface area (Å²) in [6.45, 7) is 3.93. The van der Waals surface area contributed by atoms with Crippen LogP contribution in [0.1, 0.15) is 38.5 Å². The molecule has 3 nitrogen and oxygen atoms in total. The Morgan fingerprint density at radius 3 is 2.42 bits per heavy atom. The van der Waals surface area contributed by atoms with E-state index in [0.717, 1.165) is 56.0 Å². The van der Waals surface area contributed by atoms with Crippen LogP contribution in [0.5, 0.6) is 0 Å². The van der Waals surface area contributed by atoms with E-state index in [0.29, 0.717) is 10.0 Å². The van der Waals surface area contributed by atoms with Crippen molar-refractivity contribution in [3.05, 3.63) is 55.2 Å². The van der Waals surface area contributed by atoms with E-state index in [1.165, 1.54) is 23.3 Å². The molecule has 1 aromatic heterocycles. The summed E-state index contributed by atoms with van der Waals surface area (Å²) >= 11 is 14.3. The quantitative estimate of drug-likeness (QED) is 0.721. The van der Waals surface area contributed by atoms with Crippen molar-refractivity contribution in [1.29, 1.82) is 0 Å². The molecule has 0 spiro atoms. The topological polar surface area (TPSA) is 23.6 Å². The van der Waals surface area contributed by atoms with Crippen molar-refractivity contribution in [3.63, 3.8) is 0 Å². The first kappa shape index (κ1) is 18.3. The summed E-state index contributed by atoms with van der Waals surface area (Å²) in [5.41, 5.74) is 2.37. The van der Waals surface area contributed by atoms with E-state index in [4.69, 9.17) is 23.2 Å². The SMILES string of the molecule is O=C(c1cc2c(s1)CCCC2)N1CCN(Cc2c(Cl)cccc2Cl)CC1. The molecule has 4 rings (SSSR count). The lowest BCUT2D eigenvalue weighted by Gasteiger charge is -2.34. The molecule has 6 heteroatoms. The number of carbonyl (C=O) groups excluding carboxylic acids is 1. The molecule has 1 aliphatic heterocycles. The molecule has 0 bridgehead atoms. The Bertz CT molecular complexity index is 768. The Morgan fingerprint density at radius 1 is 1.04 bits per heavy atom. The smallest absolute Gasteiger partial charge is 0.264 e. The van der Waals surface area contributed by atoms with E-state index in [1.54, 1.807) is 11.3 Å². The minimum Gasteiger partial charge on any atom is -0.335 e. The maximum atomic E-state index is 12.9. The second-order valence-electron chi connectivity index (χ2n) is 7.03. The highest BCUT2D eigenvalue weighted by atomic mass is 35.5. The Labute approximate surface area is 168 Å². The highest BCUT2D eigenvalue weighted by Crippen LogP contribution is 2.31. The van der Waals surface area contributed by atoms with Crippen molar-refractivity contribution < 1.29 is 4.79 Å². The van der Waals surface area contributed by atoms with Crippen LogP contribution in [0, 0.1) is 0 Å². The summed E-state index contributed by atoms with van der Waals surface area (Å²) in [6.07, 6.45) is 4.77. The number of amides is 1. The van der Waals surface area contributed by atoms with Crippen molar-refractivity contribution in [1.82, 2.24) is 9.80 Å². The molecule has 0 atom stereocenters. The van der Waals surface area contributed by atoms with E-state index in [-0.39, 0.29) is 5.91 Å². The molecule has 0 radical (unpaired) electrons. The molecule has 138 valence electrons. The maximum absolute atomic E-state index is 12.9. The summed E-state index contributed by atoms with van der Waals surface area (Å²) in [5, 5.41) is 1.42. The number of nitrogens with zero attached hydrogens (tertiary/aromatic N) is 2. The van der Waals surface area contributed by atoms with Gasteiger partial charge in [0.15, 0.2) is 0 Å². The number of rotatable bonds is 3. The third-order valence-corrected chi connectivity index (χ3v) is 7.24. The van der Waals surface area contributed by atoms with Gasteiger partial charge in [0.2, 0.25) is 0 Å². The number of piperazine rings is 1. The number of benzene rings is 1. The fourth-order valence-corrected chi connectivity index (χ4v) is 5.51. The summed E-state index contributed by atoms with van der Waals surface area (Å²) in [4.78, 5) is 19.5. The molecule has 1 amide bonds. The van der Waals surface area contributed by atoms with Gasteiger partial charge in [0.1, 0.15) is 0 Å². The molecule has 0 N–H and O–H groups in total. The lowest BCUT2D eigenvalue weighted by atomic mass is 9.99. The molecule has 0 saturated carbocycles. The van der Waals surface area contributed by atoms with E-state index < -0.39 is 0 Å². The molecule has 1 saturated heterocycles. The first-order chi connectivity index (χ1) is 12.6. The molecular weight excluding hydrogens is 387 g/mol. The highest BCUT2D eigenvalue weighted by molar-refractivity contribution is 7.14. The zero-order valence-corrected chi connectivity index (χ0v) is 17.0. The molecule has 1 aromatic carbocycles. The average Bonchev–Trinajstić information content (AvgIpc) is 3.09. The van der Waals surface area contributed by atoms with Gasteiger partial charge in [0.25, 0.3) is 5.91 Å². The van der Waals surface area contributed by atoms with Gasteiger partial charge in [0.05, 0.1) is 4.88 Å². The lowest BCUT2D eigenvalue weighted by molar-refractivity contribution is 0.0633. The maximum Gasteiger partial charge on any atom is 0.264 e. The number of fused-ring (bicyclic) bond motifs is 1. The van der Waals surface area contributed by atoms with Crippen LogP contribution in [0.15, 0.2) is 24.3 Å². The largest absolute Gasteiger partial charge is 0.335 e. The van der Waals surface area contributed by atoms with Gasteiger partial charge < -0.3 is 4.90 Å². The molecule has 26 heavy (non-hydrogen) atoms. The van der Waals surface area contributed by atoms with Crippen LogP contribution >= 0.6 is 34.5 Å². The fourth-order valence-electron chi connectivity index (χ4n) is 3.77. The van der Waals surface area contributed by atoms with Crippen LogP contribution in [0.2, 0.25) is 10.0 Å². The molecule has 1 fully saturated rings. The third-order valence-electron chi connectivity index (χ3n) is 5.31. The van der Waals surface area contributed by atoms with Crippen molar-refractivity contribution in [2.45, 2.75) is 32.2 Å². The molecule has 2 heterocycles. The number of hydrogen-bond donors (Lipinski definition) is 0. The van der Waals surface area contributed by atoms with Crippen LogP contribution in [-0.4, -0.2) is 41.9 Å². The number of halogens is 2. The van der Waals surface area contributed by atoms with Crippen molar-refractivity contribution in [2.75, 3.05) is 26.2 Å². The standard InChI is InChI=1S/C20H22Cl2N2OS/c21-16-5-3-6-17(22)15(16)13-23-8-10-24(11-9-23)20(25)19-12-14-4-1-2-7-18(14)26-19/h3,5-6,12H,1-2,4,7-11,13H2. The average molecular weight is 409 g/mol. The summed E-state index contributed by atoms with van der Waals surface area (Å²) in [6, 6.07) is 7.75. The van der Waals surface area contributed by atoms with Gasteiger partial charge >= 0.3 is 0 Å². The zero-order chi connectivity index (χ0) is 18.1. The molecular formula is C20H22Cl2N2OS. The van der Waals surface area contributed by atoms with E-state index in [9.17, 15) is 4.79 Å². The summed E-state index contributed by atoms with van der Waals surface area (Å²) in [5.74, 6) is 0.194. The minimum absolute atomic E-state index is 0.194. The fraction of sp³-hybridized carbons (Fsp3) is 0.450. The van der Waals surface area contributed by atoms with Gasteiger partial charge in [-0.25, -0.2) is 0 Å². The molecule has 1 aliphatic carbocycles. The Morgan fingerprint density at radius 2 is 1.73 bits per heavy atom. The monoisotopic (exact) mass is 408 g/mol. The first-order valence-electron chi connectivity index (χ1n) is 9.18. The second-order valence-corrected chi connectivity index (χ2v) is 8.99. The minimum atomic E-state index is 0.194. The van der Waals surface area contributed by atoms with E-state index >= 15 is 0 Å². The molecule has 0 unspecified atom stereocenters. The molecule has 2 aliphatic rings. The molecule has 2 aromatic rings. The number of carbonyl (C=O) groups is 1. The van der Waals surface area contributed by atoms with Crippen molar-refractivity contribution in [2.24, 2.45) is 0 Å². The second kappa shape index (κ2) is 7.89. The van der Waals surface area contributed by atoms with Gasteiger partial charge in [-0.2, -0.15) is 0 Å². The van der Waals surface area contributed by atoms with Gasteiger partial charge in [0, 0.05) is 53.2 Å². The first-order valence-corrected chi connectivity index (χ1v) is 10.7. The Kier molecular flexibility index (Phi) is 5.55. The normalized spacial score (nSPS) is 18.0. The van der Waals surface area contributed by atoms with Crippen LogP contribution < -0.4 is 0 Å². The summed E-state index contributed by atoms with van der Waals surface area (Å²) < 4.78 is 0. The van der Waals surface area contributed by atoms with Crippen molar-refractivity contribution >= 4 is 40.4 Å². The predicted octanol–water partition coefficient (Wildman–Crippen LogP) is 4.89. The number of hydrogen-bond acceptors (Lipinski definition) is 3. The van der Waals surface area contributed by atoms with Crippen LogP contribution in [0.3, 0.4) is 0 Å². The Balaban J connectivity index is 1.37. The number of thiophene rings is 1. The van der Waals surface area contributed by atoms with Gasteiger partial charge in [-0.05, 0) is 49.4 Å². The predicted molar refractivity (Wildman–Crippen MR) is 109 cm³/mol. The van der Waals surface area contributed by atoms with Gasteiger partial charge in [-0.15, -0.1) is 11.3 Å². The van der Waals surface area contributed by atoms with Crippen LogP contribution in [-0.2, 0) is 19.4 Å². The lowest BCUT2D eigenvalue weighted by Crippen LogP contribution is -2.48. The van der Waals surface area contributed by atoms with Gasteiger partial charge in [-0.3, -0.25) is 9.69 Å². The highest BCUT2D eigenvalue weighted by Gasteiger charge is 2.25. The zero-order valence-electron chi connectivity index (χ0n) is 14.6. The van der Waals surface area contributed by atoms with Crippen molar-refractivity contribution in [3.8, 4) is 0 Å². The third kappa shape index (κ3) is 3.79. The van der Waals surface area contributed by atoms with Crippen LogP contribution in [0.4, 0.5) is 0 Å². The van der Waals surface area contributed by atoms with Crippen LogP contribution in [0.25, 0.3) is 0 Å².